The minimum atomic E-state index is -0.557. The van der Waals surface area contributed by atoms with Gasteiger partial charge in [0.2, 0.25) is 5.88 Å². The Morgan fingerprint density at radius 3 is 2.58 bits per heavy atom. The van der Waals surface area contributed by atoms with Gasteiger partial charge in [0, 0.05) is 54.8 Å². The molecule has 4 heterocycles. The molecule has 0 spiro atoms. The number of amides is 1. The van der Waals surface area contributed by atoms with E-state index in [0.29, 0.717) is 55.5 Å². The fourth-order valence-electron chi connectivity index (χ4n) is 5.66. The lowest BCUT2D eigenvalue weighted by Crippen LogP contribution is -2.52. The van der Waals surface area contributed by atoms with Crippen LogP contribution in [0.4, 0.5) is 9.18 Å². The number of nitrogens with one attached hydrogen (secondary N) is 2. The smallest absolute Gasteiger partial charge is 0.410 e. The Hall–Kier alpha value is -3.47. The minimum absolute atomic E-state index is 0.0551. The molecule has 2 atom stereocenters. The normalized spacial score (nSPS) is 21.8. The van der Waals surface area contributed by atoms with E-state index in [9.17, 15) is 9.18 Å². The first-order valence-corrected chi connectivity index (χ1v) is 13.9. The molecule has 2 aromatic heterocycles. The van der Waals surface area contributed by atoms with E-state index in [4.69, 9.17) is 24.7 Å². The molecule has 11 heteroatoms. The number of carbonyl (C=O) groups excluding carboxylic acids is 1. The van der Waals surface area contributed by atoms with E-state index in [1.165, 1.54) is 19.4 Å². The molecule has 10 nitrogen and oxygen atoms in total. The van der Waals surface area contributed by atoms with E-state index >= 15 is 0 Å². The van der Waals surface area contributed by atoms with Crippen molar-refractivity contribution >= 4 is 18.0 Å². The van der Waals surface area contributed by atoms with Gasteiger partial charge in [-0.05, 0) is 65.9 Å². The molecule has 1 fully saturated rings. The van der Waals surface area contributed by atoms with Crippen molar-refractivity contribution in [2.24, 2.45) is 5.92 Å². The average molecular weight is 557 g/mol. The molecule has 2 aliphatic rings. The average Bonchev–Trinajstić information content (AvgIpc) is 3.05. The van der Waals surface area contributed by atoms with Crippen molar-refractivity contribution in [1.82, 2.24) is 25.0 Å². The standard InChI is InChI=1S/C29H41FN6O4/c1-18-11-20(12-19(2)35(18)28(37)40-29(3,4)5)15-32-17-22(14-31)36-25-8-10-39-9-7-23(25)26(34-36)21-13-24(30)27(38-6)33-16-21/h13-14,16-20,31-32H,7-12,15H2,1-6H3/b22-17+,31-14?. The van der Waals surface area contributed by atoms with Crippen molar-refractivity contribution in [3.63, 3.8) is 0 Å². The fourth-order valence-corrected chi connectivity index (χ4v) is 5.66. The quantitative estimate of drug-likeness (QED) is 0.477. The van der Waals surface area contributed by atoms with Gasteiger partial charge < -0.3 is 29.8 Å². The summed E-state index contributed by atoms with van der Waals surface area (Å²) in [6.07, 6.45) is 7.30. The number of allylic oxidation sites excluding steroid dienone is 1. The molecule has 40 heavy (non-hydrogen) atoms. The molecule has 1 saturated heterocycles. The maximum absolute atomic E-state index is 14.5. The van der Waals surface area contributed by atoms with Crippen LogP contribution in [-0.2, 0) is 22.3 Å². The van der Waals surface area contributed by atoms with Crippen molar-refractivity contribution in [3.05, 3.63) is 35.5 Å². The third-order valence-corrected chi connectivity index (χ3v) is 7.30. The van der Waals surface area contributed by atoms with Gasteiger partial charge in [0.25, 0.3) is 0 Å². The Morgan fingerprint density at radius 1 is 1.25 bits per heavy atom. The summed E-state index contributed by atoms with van der Waals surface area (Å²) in [6, 6.07) is 1.49. The first-order valence-electron chi connectivity index (χ1n) is 13.9. The predicted molar refractivity (Wildman–Crippen MR) is 151 cm³/mol. The van der Waals surface area contributed by atoms with Crippen molar-refractivity contribution in [1.29, 1.82) is 5.41 Å². The largest absolute Gasteiger partial charge is 0.479 e. The van der Waals surface area contributed by atoms with Crippen molar-refractivity contribution < 1.29 is 23.4 Å². The summed E-state index contributed by atoms with van der Waals surface area (Å²) in [5, 5.41) is 16.3. The van der Waals surface area contributed by atoms with Gasteiger partial charge in [-0.15, -0.1) is 0 Å². The molecule has 2 aliphatic heterocycles. The van der Waals surface area contributed by atoms with Crippen LogP contribution in [0.3, 0.4) is 0 Å². The van der Waals surface area contributed by atoms with Crippen LogP contribution in [0.2, 0.25) is 0 Å². The van der Waals surface area contributed by atoms with Crippen LogP contribution >= 0.6 is 0 Å². The number of piperidine rings is 1. The summed E-state index contributed by atoms with van der Waals surface area (Å²) in [5.74, 6) is -0.278. The predicted octanol–water partition coefficient (Wildman–Crippen LogP) is 4.67. The first kappa shape index (κ1) is 29.5. The van der Waals surface area contributed by atoms with E-state index in [1.54, 1.807) is 17.1 Å². The zero-order valence-corrected chi connectivity index (χ0v) is 24.3. The van der Waals surface area contributed by atoms with Crippen LogP contribution in [0.25, 0.3) is 17.0 Å². The van der Waals surface area contributed by atoms with E-state index in [-0.39, 0.29) is 24.1 Å². The second kappa shape index (κ2) is 12.4. The Kier molecular flexibility index (Phi) is 9.12. The Balaban J connectivity index is 1.51. The maximum Gasteiger partial charge on any atom is 0.410 e. The molecule has 218 valence electrons. The highest BCUT2D eigenvalue weighted by Crippen LogP contribution is 2.32. The molecule has 4 rings (SSSR count). The molecule has 0 radical (unpaired) electrons. The molecular formula is C29H41FN6O4. The number of hydrogen-bond donors (Lipinski definition) is 2. The molecule has 2 N–H and O–H groups in total. The van der Waals surface area contributed by atoms with Gasteiger partial charge >= 0.3 is 6.09 Å². The molecular weight excluding hydrogens is 515 g/mol. The molecule has 2 aromatic rings. The van der Waals surface area contributed by atoms with E-state index < -0.39 is 11.4 Å². The number of halogens is 1. The van der Waals surface area contributed by atoms with Gasteiger partial charge in [0.05, 0.1) is 37.4 Å². The minimum Gasteiger partial charge on any atom is -0.479 e. The third kappa shape index (κ3) is 6.63. The summed E-state index contributed by atoms with van der Waals surface area (Å²) in [6.45, 7) is 11.5. The number of hydrogen-bond acceptors (Lipinski definition) is 8. The van der Waals surface area contributed by atoms with Crippen LogP contribution < -0.4 is 10.1 Å². The monoisotopic (exact) mass is 556 g/mol. The highest BCUT2D eigenvalue weighted by Gasteiger charge is 2.36. The van der Waals surface area contributed by atoms with Crippen LogP contribution in [-0.4, -0.2) is 76.5 Å². The third-order valence-electron chi connectivity index (χ3n) is 7.30. The first-order chi connectivity index (χ1) is 19.0. The lowest BCUT2D eigenvalue weighted by molar-refractivity contribution is -0.00694. The number of methoxy groups -OCH3 is 1. The summed E-state index contributed by atoms with van der Waals surface area (Å²) >= 11 is 0. The maximum atomic E-state index is 14.5. The highest BCUT2D eigenvalue weighted by atomic mass is 19.1. The molecule has 1 amide bonds. The topological polar surface area (TPSA) is 115 Å². The molecule has 2 unspecified atom stereocenters. The zero-order valence-electron chi connectivity index (χ0n) is 24.3. The van der Waals surface area contributed by atoms with Crippen molar-refractivity contribution in [2.45, 2.75) is 78.0 Å². The summed E-state index contributed by atoms with van der Waals surface area (Å²) in [5.41, 5.74) is 3.12. The number of rotatable bonds is 7. The lowest BCUT2D eigenvalue weighted by atomic mass is 9.87. The highest BCUT2D eigenvalue weighted by molar-refractivity contribution is 6.00. The second-order valence-corrected chi connectivity index (χ2v) is 11.6. The molecule has 0 saturated carbocycles. The Labute approximate surface area is 235 Å². The van der Waals surface area contributed by atoms with Gasteiger partial charge in [0.15, 0.2) is 5.82 Å². The van der Waals surface area contributed by atoms with Gasteiger partial charge in [-0.25, -0.2) is 18.9 Å². The van der Waals surface area contributed by atoms with Crippen LogP contribution in [0.5, 0.6) is 5.88 Å². The number of ether oxygens (including phenoxy) is 3. The van der Waals surface area contributed by atoms with Gasteiger partial charge in [-0.2, -0.15) is 5.10 Å². The van der Waals surface area contributed by atoms with Crippen LogP contribution in [0.15, 0.2) is 18.5 Å². The zero-order chi connectivity index (χ0) is 29.0. The summed E-state index contributed by atoms with van der Waals surface area (Å²) in [7, 11) is 1.38. The van der Waals surface area contributed by atoms with Crippen LogP contribution in [0.1, 0.15) is 58.7 Å². The van der Waals surface area contributed by atoms with Crippen molar-refractivity contribution in [2.75, 3.05) is 26.9 Å². The van der Waals surface area contributed by atoms with Gasteiger partial charge in [0.1, 0.15) is 5.60 Å². The molecule has 0 bridgehead atoms. The second-order valence-electron chi connectivity index (χ2n) is 11.6. The molecule has 0 aromatic carbocycles. The van der Waals surface area contributed by atoms with E-state index in [1.807, 2.05) is 25.7 Å². The van der Waals surface area contributed by atoms with Crippen LogP contribution in [0, 0.1) is 17.1 Å². The summed E-state index contributed by atoms with van der Waals surface area (Å²) in [4.78, 5) is 18.7. The lowest BCUT2D eigenvalue weighted by Gasteiger charge is -2.42. The van der Waals surface area contributed by atoms with Gasteiger partial charge in [-0.1, -0.05) is 0 Å². The van der Waals surface area contributed by atoms with E-state index in [0.717, 1.165) is 24.1 Å². The SMILES string of the molecule is COc1ncc(-c2nn(/C(C=N)=C/NCC3CC(C)N(C(=O)OC(C)(C)C)C(C)C3)c3c2CCOCC3)cc1F. The number of nitrogens with zero attached hydrogens (tertiary/aromatic N) is 4. The Morgan fingerprint density at radius 2 is 1.95 bits per heavy atom. The van der Waals surface area contributed by atoms with Gasteiger partial charge in [-0.3, -0.25) is 0 Å². The number of carbonyl (C=O) groups is 1. The number of likely N-dealkylation sites (tertiary alicyclic amines) is 1. The van der Waals surface area contributed by atoms with Crippen molar-refractivity contribution in [3.8, 4) is 17.1 Å². The number of aromatic nitrogens is 3. The summed E-state index contributed by atoms with van der Waals surface area (Å²) < 4.78 is 32.5. The Bertz CT molecular complexity index is 1240. The number of fused-ring (bicyclic) bond motifs is 1. The van der Waals surface area contributed by atoms with E-state index in [2.05, 4.69) is 24.1 Å². The fraction of sp³-hybridized carbons (Fsp3) is 0.586. The molecule has 0 aliphatic carbocycles. The number of pyridine rings is 1.